The van der Waals surface area contributed by atoms with Crippen LogP contribution in [0.4, 0.5) is 5.82 Å². The first-order chi connectivity index (χ1) is 9.83. The third-order valence-electron chi connectivity index (χ3n) is 3.76. The Labute approximate surface area is 120 Å². The standard InChI is InChI=1S/C15H14N4S/c16-15-13(9-4-6-17-7-5-9)14(18-19-15)12-8-10-2-1-3-11(10)20-12/h4-8H,1-3H2,(H3,16,18,19). The summed E-state index contributed by atoms with van der Waals surface area (Å²) in [6.07, 6.45) is 7.23. The van der Waals surface area contributed by atoms with Crippen molar-refractivity contribution in [2.75, 3.05) is 5.73 Å². The number of fused-ring (bicyclic) bond motifs is 1. The smallest absolute Gasteiger partial charge is 0.153 e. The lowest BCUT2D eigenvalue weighted by atomic mass is 10.1. The van der Waals surface area contributed by atoms with Crippen molar-refractivity contribution in [2.24, 2.45) is 0 Å². The second-order valence-corrected chi connectivity index (χ2v) is 6.14. The van der Waals surface area contributed by atoms with Crippen LogP contribution in [-0.2, 0) is 12.8 Å². The number of rotatable bonds is 2. The molecule has 0 unspecified atom stereocenters. The summed E-state index contributed by atoms with van der Waals surface area (Å²) in [5, 5.41) is 7.28. The molecule has 4 nitrogen and oxygen atoms in total. The van der Waals surface area contributed by atoms with Crippen molar-refractivity contribution in [1.82, 2.24) is 15.2 Å². The van der Waals surface area contributed by atoms with Gasteiger partial charge in [0.05, 0.1) is 16.1 Å². The molecule has 100 valence electrons. The van der Waals surface area contributed by atoms with Crippen molar-refractivity contribution in [1.29, 1.82) is 0 Å². The summed E-state index contributed by atoms with van der Waals surface area (Å²) in [6, 6.07) is 6.21. The van der Waals surface area contributed by atoms with Crippen LogP contribution in [0.15, 0.2) is 30.6 Å². The molecule has 1 aliphatic carbocycles. The average molecular weight is 282 g/mol. The highest BCUT2D eigenvalue weighted by atomic mass is 32.1. The molecule has 0 saturated heterocycles. The highest BCUT2D eigenvalue weighted by molar-refractivity contribution is 7.15. The zero-order chi connectivity index (χ0) is 13.5. The van der Waals surface area contributed by atoms with E-state index in [1.165, 1.54) is 34.6 Å². The van der Waals surface area contributed by atoms with E-state index in [9.17, 15) is 0 Å². The number of hydrogen-bond donors (Lipinski definition) is 2. The summed E-state index contributed by atoms with van der Waals surface area (Å²) >= 11 is 1.85. The quantitative estimate of drug-likeness (QED) is 0.758. The number of nitrogens with one attached hydrogen (secondary N) is 1. The molecular formula is C15H14N4S. The maximum absolute atomic E-state index is 6.04. The lowest BCUT2D eigenvalue weighted by Crippen LogP contribution is -1.88. The monoisotopic (exact) mass is 282 g/mol. The van der Waals surface area contributed by atoms with Crippen LogP contribution in [-0.4, -0.2) is 15.2 Å². The van der Waals surface area contributed by atoms with Gasteiger partial charge >= 0.3 is 0 Å². The van der Waals surface area contributed by atoms with Gasteiger partial charge in [-0.15, -0.1) is 11.3 Å². The van der Waals surface area contributed by atoms with E-state index in [1.807, 2.05) is 23.5 Å². The number of thiophene rings is 1. The number of H-pyrrole nitrogens is 1. The normalized spacial score (nSPS) is 13.6. The van der Waals surface area contributed by atoms with Crippen molar-refractivity contribution in [3.63, 3.8) is 0 Å². The van der Waals surface area contributed by atoms with Crippen molar-refractivity contribution in [2.45, 2.75) is 19.3 Å². The molecule has 5 heteroatoms. The van der Waals surface area contributed by atoms with Gasteiger partial charge in [0.25, 0.3) is 0 Å². The Balaban J connectivity index is 1.87. The van der Waals surface area contributed by atoms with Crippen LogP contribution in [0.25, 0.3) is 21.7 Å². The molecule has 0 aromatic carbocycles. The Morgan fingerprint density at radius 2 is 2.05 bits per heavy atom. The van der Waals surface area contributed by atoms with E-state index >= 15 is 0 Å². The van der Waals surface area contributed by atoms with Gasteiger partial charge in [-0.3, -0.25) is 10.1 Å². The third kappa shape index (κ3) is 1.74. The van der Waals surface area contributed by atoms with Gasteiger partial charge in [0.1, 0.15) is 0 Å². The molecule has 0 saturated carbocycles. The average Bonchev–Trinajstić information content (AvgIpc) is 3.12. The summed E-state index contributed by atoms with van der Waals surface area (Å²) in [7, 11) is 0. The largest absolute Gasteiger partial charge is 0.382 e. The van der Waals surface area contributed by atoms with Crippen LogP contribution in [0.2, 0.25) is 0 Å². The Kier molecular flexibility index (Phi) is 2.60. The number of pyridine rings is 1. The van der Waals surface area contributed by atoms with Crippen molar-refractivity contribution >= 4 is 17.2 Å². The number of aryl methyl sites for hydroxylation is 2. The second-order valence-electron chi connectivity index (χ2n) is 5.01. The van der Waals surface area contributed by atoms with E-state index in [1.54, 1.807) is 12.4 Å². The topological polar surface area (TPSA) is 67.6 Å². The molecule has 0 spiro atoms. The van der Waals surface area contributed by atoms with E-state index < -0.39 is 0 Å². The number of nitrogens with two attached hydrogens (primary N) is 1. The van der Waals surface area contributed by atoms with Gasteiger partial charge in [-0.05, 0) is 48.6 Å². The number of aromatic amines is 1. The van der Waals surface area contributed by atoms with Gasteiger partial charge in [0.2, 0.25) is 0 Å². The van der Waals surface area contributed by atoms with Gasteiger partial charge in [-0.2, -0.15) is 5.10 Å². The van der Waals surface area contributed by atoms with Crippen molar-refractivity contribution in [3.8, 4) is 21.7 Å². The SMILES string of the molecule is Nc1n[nH]c(-c2cc3c(s2)CCC3)c1-c1ccncc1. The molecule has 3 heterocycles. The second kappa shape index (κ2) is 4.45. The Bertz CT molecular complexity index is 736. The third-order valence-corrected chi connectivity index (χ3v) is 5.01. The molecule has 0 amide bonds. The van der Waals surface area contributed by atoms with Gasteiger partial charge in [0.15, 0.2) is 5.82 Å². The molecule has 0 fully saturated rings. The highest BCUT2D eigenvalue weighted by Crippen LogP contribution is 2.41. The summed E-state index contributed by atoms with van der Waals surface area (Å²) < 4.78 is 0. The maximum Gasteiger partial charge on any atom is 0.153 e. The van der Waals surface area contributed by atoms with Gasteiger partial charge in [0, 0.05) is 17.3 Å². The zero-order valence-corrected chi connectivity index (χ0v) is 11.7. The Morgan fingerprint density at radius 3 is 2.85 bits per heavy atom. The van der Waals surface area contributed by atoms with Crippen LogP contribution in [0, 0.1) is 0 Å². The summed E-state index contributed by atoms with van der Waals surface area (Å²) in [6.45, 7) is 0. The highest BCUT2D eigenvalue weighted by Gasteiger charge is 2.20. The fraction of sp³-hybridized carbons (Fsp3) is 0.200. The molecule has 3 N–H and O–H groups in total. The number of hydrogen-bond acceptors (Lipinski definition) is 4. The molecule has 0 aliphatic heterocycles. The lowest BCUT2D eigenvalue weighted by Gasteiger charge is -2.02. The van der Waals surface area contributed by atoms with E-state index in [4.69, 9.17) is 5.73 Å². The fourth-order valence-corrected chi connectivity index (χ4v) is 4.05. The molecule has 20 heavy (non-hydrogen) atoms. The lowest BCUT2D eigenvalue weighted by molar-refractivity contribution is 0.915. The molecule has 3 aromatic heterocycles. The van der Waals surface area contributed by atoms with Crippen LogP contribution in [0.5, 0.6) is 0 Å². The van der Waals surface area contributed by atoms with E-state index in [2.05, 4.69) is 21.2 Å². The van der Waals surface area contributed by atoms with Crippen LogP contribution in [0.3, 0.4) is 0 Å². The fourth-order valence-electron chi connectivity index (χ4n) is 2.80. The maximum atomic E-state index is 6.04. The predicted molar refractivity (Wildman–Crippen MR) is 81.6 cm³/mol. The van der Waals surface area contributed by atoms with Gasteiger partial charge in [-0.25, -0.2) is 0 Å². The van der Waals surface area contributed by atoms with E-state index in [0.717, 1.165) is 16.8 Å². The minimum absolute atomic E-state index is 0.541. The number of nitrogen functional groups attached to an aromatic ring is 1. The van der Waals surface area contributed by atoms with Crippen molar-refractivity contribution < 1.29 is 0 Å². The molecule has 0 bridgehead atoms. The molecule has 4 rings (SSSR count). The zero-order valence-electron chi connectivity index (χ0n) is 10.9. The summed E-state index contributed by atoms with van der Waals surface area (Å²) in [5.41, 5.74) is 10.6. The van der Waals surface area contributed by atoms with Crippen LogP contribution in [0.1, 0.15) is 16.9 Å². The molecule has 0 radical (unpaired) electrons. The Hall–Kier alpha value is -2.14. The van der Waals surface area contributed by atoms with E-state index in [0.29, 0.717) is 5.82 Å². The van der Waals surface area contributed by atoms with Crippen LogP contribution < -0.4 is 5.73 Å². The van der Waals surface area contributed by atoms with E-state index in [-0.39, 0.29) is 0 Å². The summed E-state index contributed by atoms with van der Waals surface area (Å²) in [4.78, 5) is 6.79. The molecule has 3 aromatic rings. The minimum Gasteiger partial charge on any atom is -0.382 e. The van der Waals surface area contributed by atoms with Gasteiger partial charge in [-0.1, -0.05) is 0 Å². The molecular weight excluding hydrogens is 268 g/mol. The predicted octanol–water partition coefficient (Wildman–Crippen LogP) is 3.27. The number of nitrogens with zero attached hydrogens (tertiary/aromatic N) is 2. The number of anilines is 1. The minimum atomic E-state index is 0.541. The van der Waals surface area contributed by atoms with Gasteiger partial charge < -0.3 is 5.73 Å². The summed E-state index contributed by atoms with van der Waals surface area (Å²) in [5.74, 6) is 0.541. The first-order valence-corrected chi connectivity index (χ1v) is 7.51. The first-order valence-electron chi connectivity index (χ1n) is 6.69. The number of aromatic nitrogens is 3. The first kappa shape index (κ1) is 11.7. The molecule has 1 aliphatic rings. The van der Waals surface area contributed by atoms with Crippen molar-refractivity contribution in [3.05, 3.63) is 41.0 Å². The van der Waals surface area contributed by atoms with Crippen LogP contribution >= 0.6 is 11.3 Å². The molecule has 0 atom stereocenters. The Morgan fingerprint density at radius 1 is 1.20 bits per heavy atom.